The highest BCUT2D eigenvalue weighted by atomic mass is 16.3. The minimum Gasteiger partial charge on any atom is -0.393 e. The molecule has 1 heteroatoms. The van der Waals surface area contributed by atoms with Crippen molar-refractivity contribution in [2.45, 2.75) is 31.8 Å². The average molecular weight is 175 g/mol. The number of hydrogen-bond acceptors (Lipinski definition) is 1. The molecule has 0 aromatic heterocycles. The molecule has 0 aliphatic heterocycles. The summed E-state index contributed by atoms with van der Waals surface area (Å²) in [6.45, 7) is 0. The van der Waals surface area contributed by atoms with Gasteiger partial charge in [0.05, 0.1) is 6.10 Å². The molecule has 13 heavy (non-hydrogen) atoms. The second-order valence-corrected chi connectivity index (χ2v) is 3.87. The van der Waals surface area contributed by atoms with Gasteiger partial charge in [0.25, 0.3) is 0 Å². The van der Waals surface area contributed by atoms with E-state index in [0.29, 0.717) is 5.92 Å². The maximum Gasteiger partial charge on any atom is 0.0571 e. The highest BCUT2D eigenvalue weighted by Crippen LogP contribution is 2.28. The first kappa shape index (κ1) is 8.76. The smallest absolute Gasteiger partial charge is 0.0571 e. The minimum absolute atomic E-state index is 0.0693. The second-order valence-electron chi connectivity index (χ2n) is 3.87. The summed E-state index contributed by atoms with van der Waals surface area (Å²) in [6, 6.07) is 11.1. The van der Waals surface area contributed by atoms with Crippen molar-refractivity contribution in [1.82, 2.24) is 0 Å². The van der Waals surface area contributed by atoms with Crippen molar-refractivity contribution >= 4 is 0 Å². The van der Waals surface area contributed by atoms with Crippen LogP contribution in [0.5, 0.6) is 0 Å². The van der Waals surface area contributed by atoms with E-state index in [1.165, 1.54) is 18.4 Å². The van der Waals surface area contributed by atoms with Crippen molar-refractivity contribution in [1.29, 1.82) is 0 Å². The van der Waals surface area contributed by atoms with Gasteiger partial charge in [0.2, 0.25) is 0 Å². The summed E-state index contributed by atoms with van der Waals surface area (Å²) in [5.41, 5.74) is 1.30. The van der Waals surface area contributed by atoms with Crippen LogP contribution in [0.15, 0.2) is 24.3 Å². The highest BCUT2D eigenvalue weighted by molar-refractivity contribution is 5.14. The molecule has 1 aromatic carbocycles. The molecule has 1 N–H and O–H groups in total. The molecule has 1 aliphatic carbocycles. The summed E-state index contributed by atoms with van der Waals surface area (Å²) >= 11 is 0. The van der Waals surface area contributed by atoms with Gasteiger partial charge in [-0.15, -0.1) is 0 Å². The van der Waals surface area contributed by atoms with E-state index in [2.05, 4.69) is 12.1 Å². The van der Waals surface area contributed by atoms with Crippen LogP contribution in [-0.4, -0.2) is 11.2 Å². The first-order valence-electron chi connectivity index (χ1n) is 4.99. The van der Waals surface area contributed by atoms with Crippen LogP contribution in [0.3, 0.4) is 0 Å². The SMILES string of the molecule is O[C@H]1CCC[C@@H]1Cc1c[c]ccc1. The maximum atomic E-state index is 9.64. The summed E-state index contributed by atoms with van der Waals surface area (Å²) in [6.07, 6.45) is 4.29. The van der Waals surface area contributed by atoms with E-state index in [-0.39, 0.29) is 6.10 Å². The van der Waals surface area contributed by atoms with E-state index < -0.39 is 0 Å². The number of hydrogen-bond donors (Lipinski definition) is 1. The quantitative estimate of drug-likeness (QED) is 0.730. The summed E-state index contributed by atoms with van der Waals surface area (Å²) in [4.78, 5) is 0. The first-order valence-corrected chi connectivity index (χ1v) is 4.99. The average Bonchev–Trinajstić information content (AvgIpc) is 2.54. The standard InChI is InChI=1S/C12H15O/c13-12-8-4-7-11(12)9-10-5-2-1-3-6-10/h1-2,5-6,11-13H,4,7-9H2/t11-,12+/m1/s1. The number of aliphatic hydroxyl groups excluding tert-OH is 1. The Hall–Kier alpha value is -0.820. The largest absolute Gasteiger partial charge is 0.393 e. The molecule has 0 unspecified atom stereocenters. The molecule has 0 saturated heterocycles. The van der Waals surface area contributed by atoms with E-state index in [4.69, 9.17) is 0 Å². The van der Waals surface area contributed by atoms with E-state index in [1.807, 2.05) is 18.2 Å². The van der Waals surface area contributed by atoms with Crippen LogP contribution in [0.4, 0.5) is 0 Å². The van der Waals surface area contributed by atoms with Crippen molar-refractivity contribution in [3.05, 3.63) is 35.9 Å². The fraction of sp³-hybridized carbons (Fsp3) is 0.500. The Labute approximate surface area is 79.4 Å². The Morgan fingerprint density at radius 1 is 1.46 bits per heavy atom. The van der Waals surface area contributed by atoms with Crippen molar-refractivity contribution in [3.63, 3.8) is 0 Å². The monoisotopic (exact) mass is 175 g/mol. The van der Waals surface area contributed by atoms with E-state index in [1.54, 1.807) is 0 Å². The molecule has 0 heterocycles. The predicted octanol–water partition coefficient (Wildman–Crippen LogP) is 2.19. The van der Waals surface area contributed by atoms with Gasteiger partial charge in [-0.2, -0.15) is 0 Å². The van der Waals surface area contributed by atoms with Gasteiger partial charge in [-0.1, -0.05) is 30.7 Å². The van der Waals surface area contributed by atoms with Gasteiger partial charge in [0, 0.05) is 0 Å². The summed E-state index contributed by atoms with van der Waals surface area (Å²) in [5, 5.41) is 9.64. The topological polar surface area (TPSA) is 20.2 Å². The van der Waals surface area contributed by atoms with Gasteiger partial charge in [-0.25, -0.2) is 0 Å². The Morgan fingerprint density at radius 3 is 3.00 bits per heavy atom. The predicted molar refractivity (Wildman–Crippen MR) is 52.3 cm³/mol. The molecule has 1 nitrogen and oxygen atoms in total. The van der Waals surface area contributed by atoms with E-state index >= 15 is 0 Å². The van der Waals surface area contributed by atoms with Crippen LogP contribution in [0.2, 0.25) is 0 Å². The molecule has 1 radical (unpaired) electrons. The Bertz CT molecular complexity index is 255. The van der Waals surface area contributed by atoms with Gasteiger partial charge < -0.3 is 5.11 Å². The number of aliphatic hydroxyl groups is 1. The van der Waals surface area contributed by atoms with Gasteiger partial charge in [-0.3, -0.25) is 0 Å². The molecule has 1 saturated carbocycles. The molecule has 2 rings (SSSR count). The zero-order valence-corrected chi connectivity index (χ0v) is 7.74. The Morgan fingerprint density at radius 2 is 2.38 bits per heavy atom. The lowest BCUT2D eigenvalue weighted by Crippen LogP contribution is -2.15. The zero-order chi connectivity index (χ0) is 9.10. The van der Waals surface area contributed by atoms with Gasteiger partial charge in [-0.05, 0) is 36.8 Å². The molecule has 0 bridgehead atoms. The lowest BCUT2D eigenvalue weighted by atomic mass is 9.96. The summed E-state index contributed by atoms with van der Waals surface area (Å²) in [7, 11) is 0. The molecule has 1 fully saturated rings. The van der Waals surface area contributed by atoms with E-state index in [0.717, 1.165) is 12.8 Å². The molecular formula is C12H15O. The second kappa shape index (κ2) is 3.93. The van der Waals surface area contributed by atoms with Crippen molar-refractivity contribution in [2.75, 3.05) is 0 Å². The van der Waals surface area contributed by atoms with Crippen LogP contribution in [-0.2, 0) is 6.42 Å². The molecule has 1 aliphatic rings. The zero-order valence-electron chi connectivity index (χ0n) is 7.74. The van der Waals surface area contributed by atoms with Crippen molar-refractivity contribution in [3.8, 4) is 0 Å². The van der Waals surface area contributed by atoms with Gasteiger partial charge in [0.1, 0.15) is 0 Å². The highest BCUT2D eigenvalue weighted by Gasteiger charge is 2.24. The normalized spacial score (nSPS) is 27.8. The van der Waals surface area contributed by atoms with Crippen LogP contribution in [0, 0.1) is 12.0 Å². The third-order valence-corrected chi connectivity index (χ3v) is 2.89. The van der Waals surface area contributed by atoms with Crippen LogP contribution >= 0.6 is 0 Å². The van der Waals surface area contributed by atoms with Crippen LogP contribution in [0.25, 0.3) is 0 Å². The van der Waals surface area contributed by atoms with Gasteiger partial charge in [0.15, 0.2) is 0 Å². The summed E-state index contributed by atoms with van der Waals surface area (Å²) < 4.78 is 0. The first-order chi connectivity index (χ1) is 6.36. The molecule has 69 valence electrons. The lowest BCUT2D eigenvalue weighted by Gasteiger charge is -2.13. The van der Waals surface area contributed by atoms with E-state index in [9.17, 15) is 5.11 Å². The minimum atomic E-state index is -0.0693. The van der Waals surface area contributed by atoms with Crippen molar-refractivity contribution in [2.24, 2.45) is 5.92 Å². The molecule has 1 aromatic rings. The Balaban J connectivity index is 1.98. The fourth-order valence-corrected chi connectivity index (χ4v) is 2.12. The maximum absolute atomic E-state index is 9.64. The van der Waals surface area contributed by atoms with Crippen molar-refractivity contribution < 1.29 is 5.11 Å². The molecule has 2 atom stereocenters. The summed E-state index contributed by atoms with van der Waals surface area (Å²) in [5.74, 6) is 0.482. The van der Waals surface area contributed by atoms with Crippen LogP contribution in [0.1, 0.15) is 24.8 Å². The number of rotatable bonds is 2. The molecule has 0 amide bonds. The lowest BCUT2D eigenvalue weighted by molar-refractivity contribution is 0.132. The number of benzene rings is 1. The molecular weight excluding hydrogens is 160 g/mol. The fourth-order valence-electron chi connectivity index (χ4n) is 2.12. The third kappa shape index (κ3) is 2.10. The Kier molecular flexibility index (Phi) is 2.65. The van der Waals surface area contributed by atoms with Crippen LogP contribution < -0.4 is 0 Å². The molecule has 0 spiro atoms. The van der Waals surface area contributed by atoms with Gasteiger partial charge >= 0.3 is 0 Å². The third-order valence-electron chi connectivity index (χ3n) is 2.89.